The van der Waals surface area contributed by atoms with E-state index in [1.165, 1.54) is 148 Å². The van der Waals surface area contributed by atoms with Crippen LogP contribution in [0, 0.1) is 23.7 Å². The Kier molecular flexibility index (Phi) is 16.6. The Balaban J connectivity index is 1.63. The van der Waals surface area contributed by atoms with Gasteiger partial charge in [0.2, 0.25) is 0 Å². The normalized spacial score (nSPS) is 28.9. The molecule has 0 radical (unpaired) electrons. The number of allylic oxidation sites excluding steroid dienone is 2. The molecule has 0 aliphatic heterocycles. The van der Waals surface area contributed by atoms with E-state index in [1.807, 2.05) is 0 Å². The molecule has 0 heterocycles. The fourth-order valence-corrected chi connectivity index (χ4v) is 8.62. The van der Waals surface area contributed by atoms with Crippen molar-refractivity contribution < 1.29 is 0 Å². The maximum Gasteiger partial charge on any atom is 0.0284 e. The fourth-order valence-electron chi connectivity index (χ4n) is 8.62. The van der Waals surface area contributed by atoms with Crippen LogP contribution in [-0.2, 0) is 0 Å². The molecule has 0 N–H and O–H groups in total. The minimum Gasteiger partial charge on any atom is -0.291 e. The van der Waals surface area contributed by atoms with E-state index in [2.05, 4.69) is 57.7 Å². The number of hydrogen-bond acceptors (Lipinski definition) is 1. The van der Waals surface area contributed by atoms with Gasteiger partial charge in [0.1, 0.15) is 0 Å². The molecule has 0 bridgehead atoms. The molecule has 5 unspecified atom stereocenters. The fraction of sp³-hybridized carbons (Fsp3) is 0.897. The van der Waals surface area contributed by atoms with Crippen molar-refractivity contribution in [3.63, 3.8) is 0 Å². The van der Waals surface area contributed by atoms with E-state index in [1.54, 1.807) is 5.57 Å². The molecule has 0 saturated heterocycles. The number of unbranched alkanes of at least 4 members (excludes halogenated alkanes) is 4. The molecule has 3 aliphatic rings. The highest BCUT2D eigenvalue weighted by atomic mass is 15.2. The number of hydrogen-bond donors (Lipinski definition) is 0. The van der Waals surface area contributed by atoms with Gasteiger partial charge in [-0.3, -0.25) is 4.90 Å². The second-order valence-corrected chi connectivity index (χ2v) is 14.5. The lowest BCUT2D eigenvalue weighted by Crippen LogP contribution is -2.51. The molecule has 5 atom stereocenters. The summed E-state index contributed by atoms with van der Waals surface area (Å²) in [5.74, 6) is 3.75. The maximum absolute atomic E-state index is 3.12. The zero-order chi connectivity index (χ0) is 28.6. The van der Waals surface area contributed by atoms with Crippen LogP contribution in [0.25, 0.3) is 0 Å². The smallest absolute Gasteiger partial charge is 0.0284 e. The van der Waals surface area contributed by atoms with Gasteiger partial charge in [-0.15, -0.1) is 0 Å². The van der Waals surface area contributed by atoms with Crippen molar-refractivity contribution in [3.05, 3.63) is 23.8 Å². The van der Waals surface area contributed by atoms with Gasteiger partial charge < -0.3 is 0 Å². The Morgan fingerprint density at radius 2 is 1.40 bits per heavy atom. The first-order valence-electron chi connectivity index (χ1n) is 18.7. The number of nitrogens with zero attached hydrogens (tertiary/aromatic N) is 1. The summed E-state index contributed by atoms with van der Waals surface area (Å²) in [4.78, 5) is 3.12. The van der Waals surface area contributed by atoms with Gasteiger partial charge in [0, 0.05) is 18.1 Å². The van der Waals surface area contributed by atoms with Crippen LogP contribution in [-0.4, -0.2) is 23.0 Å². The van der Waals surface area contributed by atoms with Gasteiger partial charge in [-0.2, -0.15) is 0 Å². The van der Waals surface area contributed by atoms with E-state index >= 15 is 0 Å². The molecular weight excluding hydrogens is 482 g/mol. The van der Waals surface area contributed by atoms with Crippen molar-refractivity contribution >= 4 is 0 Å². The molecular formula is C39H71N. The van der Waals surface area contributed by atoms with Crippen LogP contribution in [0.2, 0.25) is 0 Å². The molecule has 0 amide bonds. The predicted molar refractivity (Wildman–Crippen MR) is 179 cm³/mol. The SMILES string of the molecule is CCCCCC1C=CC(N(C2CC=C(CC(CC)CCCC)CC2)C2CCC(CC(CC)CCCC)CC2)CC1. The molecule has 0 aromatic heterocycles. The zero-order valence-electron chi connectivity index (χ0n) is 28.0. The minimum absolute atomic E-state index is 0.699. The lowest BCUT2D eigenvalue weighted by Gasteiger charge is -2.47. The van der Waals surface area contributed by atoms with Crippen LogP contribution < -0.4 is 0 Å². The third-order valence-corrected chi connectivity index (χ3v) is 11.4. The summed E-state index contributed by atoms with van der Waals surface area (Å²) in [6, 6.07) is 2.30. The third kappa shape index (κ3) is 11.3. The average Bonchev–Trinajstić information content (AvgIpc) is 3.00. The molecule has 0 spiro atoms. The Hall–Kier alpha value is -0.560. The highest BCUT2D eigenvalue weighted by Gasteiger charge is 2.36. The van der Waals surface area contributed by atoms with Crippen LogP contribution in [0.5, 0.6) is 0 Å². The molecule has 40 heavy (non-hydrogen) atoms. The van der Waals surface area contributed by atoms with E-state index in [0.29, 0.717) is 6.04 Å². The van der Waals surface area contributed by atoms with Crippen molar-refractivity contribution in [1.29, 1.82) is 0 Å². The lowest BCUT2D eigenvalue weighted by atomic mass is 9.77. The van der Waals surface area contributed by atoms with Crippen LogP contribution in [0.1, 0.15) is 182 Å². The number of rotatable bonds is 19. The molecule has 1 heteroatoms. The molecule has 3 rings (SSSR count). The summed E-state index contributed by atoms with van der Waals surface area (Å²) in [5, 5.41) is 0. The van der Waals surface area contributed by atoms with Gasteiger partial charge in [0.15, 0.2) is 0 Å². The molecule has 232 valence electrons. The van der Waals surface area contributed by atoms with E-state index in [-0.39, 0.29) is 0 Å². The minimum atomic E-state index is 0.699. The van der Waals surface area contributed by atoms with Gasteiger partial charge >= 0.3 is 0 Å². The first kappa shape index (κ1) is 33.9. The second kappa shape index (κ2) is 19.6. The molecule has 0 aromatic carbocycles. The lowest BCUT2D eigenvalue weighted by molar-refractivity contribution is 0.0477. The van der Waals surface area contributed by atoms with Gasteiger partial charge in [0.25, 0.3) is 0 Å². The van der Waals surface area contributed by atoms with Crippen LogP contribution in [0.4, 0.5) is 0 Å². The summed E-state index contributed by atoms with van der Waals surface area (Å²) in [6.45, 7) is 11.9. The van der Waals surface area contributed by atoms with E-state index in [9.17, 15) is 0 Å². The molecule has 1 saturated carbocycles. The Morgan fingerprint density at radius 3 is 1.98 bits per heavy atom. The van der Waals surface area contributed by atoms with Crippen molar-refractivity contribution in [2.45, 2.75) is 200 Å². The summed E-state index contributed by atoms with van der Waals surface area (Å²) >= 11 is 0. The van der Waals surface area contributed by atoms with Crippen molar-refractivity contribution in [3.8, 4) is 0 Å². The first-order chi connectivity index (χ1) is 19.6. The molecule has 3 aliphatic carbocycles. The van der Waals surface area contributed by atoms with E-state index in [4.69, 9.17) is 0 Å². The monoisotopic (exact) mass is 554 g/mol. The van der Waals surface area contributed by atoms with Gasteiger partial charge in [-0.1, -0.05) is 129 Å². The van der Waals surface area contributed by atoms with Gasteiger partial charge in [-0.05, 0) is 101 Å². The summed E-state index contributed by atoms with van der Waals surface area (Å²) < 4.78 is 0. The van der Waals surface area contributed by atoms with E-state index < -0.39 is 0 Å². The largest absolute Gasteiger partial charge is 0.291 e. The molecule has 1 fully saturated rings. The Labute approximate surface area is 252 Å². The van der Waals surface area contributed by atoms with Gasteiger partial charge in [0.05, 0.1) is 0 Å². The van der Waals surface area contributed by atoms with Crippen molar-refractivity contribution in [2.75, 3.05) is 0 Å². The first-order valence-corrected chi connectivity index (χ1v) is 18.7. The highest BCUT2D eigenvalue weighted by Crippen LogP contribution is 2.40. The van der Waals surface area contributed by atoms with Crippen LogP contribution in [0.15, 0.2) is 23.8 Å². The topological polar surface area (TPSA) is 3.24 Å². The quantitative estimate of drug-likeness (QED) is 0.113. The molecule has 1 nitrogen and oxygen atoms in total. The Morgan fingerprint density at radius 1 is 0.700 bits per heavy atom. The third-order valence-electron chi connectivity index (χ3n) is 11.4. The van der Waals surface area contributed by atoms with Crippen molar-refractivity contribution in [1.82, 2.24) is 4.90 Å². The second-order valence-electron chi connectivity index (χ2n) is 14.5. The average molecular weight is 554 g/mol. The van der Waals surface area contributed by atoms with E-state index in [0.717, 1.165) is 35.8 Å². The maximum atomic E-state index is 3.12. The Bertz CT molecular complexity index is 698. The summed E-state index contributed by atoms with van der Waals surface area (Å²) in [7, 11) is 0. The van der Waals surface area contributed by atoms with Crippen molar-refractivity contribution in [2.24, 2.45) is 23.7 Å². The zero-order valence-corrected chi connectivity index (χ0v) is 28.0. The standard InChI is InChI=1S/C39H71N/c1-6-11-14-17-34-18-24-37(25-19-34)40(38-26-20-35(21-27-38)30-32(9-4)15-12-7-2)39-28-22-36(23-29-39)31-33(10-5)16-13-8-3/h18,20,24,32-34,36-39H,6-17,19,21-23,25-31H2,1-5H3. The summed E-state index contributed by atoms with van der Waals surface area (Å²) in [6.07, 6.45) is 40.6. The highest BCUT2D eigenvalue weighted by molar-refractivity contribution is 5.12. The molecule has 0 aromatic rings. The van der Waals surface area contributed by atoms with Crippen LogP contribution >= 0.6 is 0 Å². The van der Waals surface area contributed by atoms with Gasteiger partial charge in [-0.25, -0.2) is 0 Å². The summed E-state index contributed by atoms with van der Waals surface area (Å²) in [5.41, 5.74) is 1.80. The van der Waals surface area contributed by atoms with Crippen LogP contribution in [0.3, 0.4) is 0 Å². The predicted octanol–water partition coefficient (Wildman–Crippen LogP) is 12.5.